The van der Waals surface area contributed by atoms with Gasteiger partial charge in [-0.25, -0.2) is 0 Å². The van der Waals surface area contributed by atoms with Crippen LogP contribution in [0.4, 0.5) is 0 Å². The number of benzene rings is 1. The Hall–Kier alpha value is -3.25. The molecule has 0 bridgehead atoms. The number of halogens is 1. The highest BCUT2D eigenvalue weighted by Crippen LogP contribution is 2.11. The van der Waals surface area contributed by atoms with E-state index in [1.807, 2.05) is 30.3 Å². The van der Waals surface area contributed by atoms with Gasteiger partial charge in [0, 0.05) is 42.3 Å². The average Bonchev–Trinajstić information content (AvgIpc) is 2.73. The van der Waals surface area contributed by atoms with E-state index in [-0.39, 0.29) is 17.5 Å². The maximum Gasteiger partial charge on any atom is 0.270 e. The molecular weight excluding hydrogens is 376 g/mol. The Balaban J connectivity index is 1.54. The Morgan fingerprint density at radius 2 is 1.79 bits per heavy atom. The first-order valence-electron chi connectivity index (χ1n) is 8.77. The van der Waals surface area contributed by atoms with E-state index in [0.717, 1.165) is 11.1 Å². The molecule has 0 atom stereocenters. The largest absolute Gasteiger partial charge is 0.352 e. The lowest BCUT2D eigenvalue weighted by Gasteiger charge is -2.08. The van der Waals surface area contributed by atoms with Crippen LogP contribution in [0.5, 0.6) is 0 Å². The van der Waals surface area contributed by atoms with Crippen molar-refractivity contribution in [1.82, 2.24) is 20.6 Å². The number of carbonyl (C=O) groups is 2. The zero-order chi connectivity index (χ0) is 19.8. The molecule has 0 aliphatic heterocycles. The molecule has 0 aliphatic rings. The summed E-state index contributed by atoms with van der Waals surface area (Å²) >= 11 is 5.96. The van der Waals surface area contributed by atoms with Crippen LogP contribution >= 0.6 is 11.6 Å². The van der Waals surface area contributed by atoms with E-state index < -0.39 is 0 Å². The fraction of sp³-hybridized carbons (Fsp3) is 0.143. The first-order valence-corrected chi connectivity index (χ1v) is 9.15. The summed E-state index contributed by atoms with van der Waals surface area (Å²) in [6.07, 6.45) is 5.46. The van der Waals surface area contributed by atoms with Crippen LogP contribution in [0.15, 0.2) is 67.1 Å². The van der Waals surface area contributed by atoms with E-state index >= 15 is 0 Å². The second kappa shape index (κ2) is 9.62. The highest BCUT2D eigenvalue weighted by Gasteiger charge is 2.11. The van der Waals surface area contributed by atoms with Gasteiger partial charge in [0.05, 0.1) is 0 Å². The lowest BCUT2D eigenvalue weighted by atomic mass is 10.1. The van der Waals surface area contributed by atoms with Crippen molar-refractivity contribution < 1.29 is 9.59 Å². The Bertz CT molecular complexity index is 963. The summed E-state index contributed by atoms with van der Waals surface area (Å²) in [6.45, 7) is 0.800. The quantitative estimate of drug-likeness (QED) is 0.645. The second-order valence-corrected chi connectivity index (χ2v) is 6.55. The molecule has 2 heterocycles. The van der Waals surface area contributed by atoms with Crippen molar-refractivity contribution in [3.63, 3.8) is 0 Å². The summed E-state index contributed by atoms with van der Waals surface area (Å²) in [5, 5.41) is 6.27. The minimum Gasteiger partial charge on any atom is -0.352 e. The van der Waals surface area contributed by atoms with E-state index in [0.29, 0.717) is 30.1 Å². The first-order chi connectivity index (χ1) is 13.6. The third kappa shape index (κ3) is 5.62. The van der Waals surface area contributed by atoms with Crippen molar-refractivity contribution in [2.24, 2.45) is 0 Å². The van der Waals surface area contributed by atoms with Crippen LogP contribution in [0, 0.1) is 0 Å². The zero-order valence-electron chi connectivity index (χ0n) is 15.1. The molecule has 3 aromatic rings. The molecule has 28 heavy (non-hydrogen) atoms. The molecule has 0 saturated carbocycles. The number of aromatic nitrogens is 2. The van der Waals surface area contributed by atoms with Gasteiger partial charge in [0.15, 0.2) is 0 Å². The number of hydrogen-bond donors (Lipinski definition) is 2. The van der Waals surface area contributed by atoms with Gasteiger partial charge in [0.1, 0.15) is 5.69 Å². The molecule has 6 nitrogen and oxygen atoms in total. The summed E-state index contributed by atoms with van der Waals surface area (Å²) in [5.41, 5.74) is 2.49. The number of carbonyl (C=O) groups excluding carboxylic acids is 2. The Kier molecular flexibility index (Phi) is 6.70. The SMILES string of the molecule is O=C(NCCc1cccc(Cl)c1)c1ccnc(C(=O)NCc2cccnc2)c1. The smallest absolute Gasteiger partial charge is 0.270 e. The molecule has 2 N–H and O–H groups in total. The number of amides is 2. The summed E-state index contributed by atoms with van der Waals surface area (Å²) in [4.78, 5) is 32.7. The molecule has 0 unspecified atom stereocenters. The number of pyridine rings is 2. The predicted octanol–water partition coefficient (Wildman–Crippen LogP) is 3.03. The van der Waals surface area contributed by atoms with Crippen molar-refractivity contribution in [1.29, 1.82) is 0 Å². The number of hydrogen-bond acceptors (Lipinski definition) is 4. The predicted molar refractivity (Wildman–Crippen MR) is 107 cm³/mol. The number of rotatable bonds is 7. The fourth-order valence-electron chi connectivity index (χ4n) is 2.59. The lowest BCUT2D eigenvalue weighted by Crippen LogP contribution is -2.27. The Labute approximate surface area is 168 Å². The maximum absolute atomic E-state index is 12.4. The summed E-state index contributed by atoms with van der Waals surface area (Å²) < 4.78 is 0. The molecule has 1 aromatic carbocycles. The van der Waals surface area contributed by atoms with Gasteiger partial charge in [0.25, 0.3) is 11.8 Å². The lowest BCUT2D eigenvalue weighted by molar-refractivity contribution is 0.0946. The molecule has 2 amide bonds. The van der Waals surface area contributed by atoms with Gasteiger partial charge in [0.2, 0.25) is 0 Å². The third-order valence-electron chi connectivity index (χ3n) is 4.02. The molecular formula is C21H19ClN4O2. The highest BCUT2D eigenvalue weighted by molar-refractivity contribution is 6.30. The molecule has 0 fully saturated rings. The first kappa shape index (κ1) is 19.5. The summed E-state index contributed by atoms with van der Waals surface area (Å²) in [5.74, 6) is -0.608. The molecule has 0 aliphatic carbocycles. The zero-order valence-corrected chi connectivity index (χ0v) is 15.8. The molecule has 0 saturated heterocycles. The average molecular weight is 395 g/mol. The molecule has 142 valence electrons. The van der Waals surface area contributed by atoms with Crippen LogP contribution in [0.25, 0.3) is 0 Å². The maximum atomic E-state index is 12.4. The van der Waals surface area contributed by atoms with Crippen molar-refractivity contribution in [3.05, 3.63) is 94.5 Å². The molecule has 0 spiro atoms. The van der Waals surface area contributed by atoms with Gasteiger partial charge < -0.3 is 10.6 Å². The fourth-order valence-corrected chi connectivity index (χ4v) is 2.80. The third-order valence-corrected chi connectivity index (χ3v) is 4.25. The van der Waals surface area contributed by atoms with Crippen molar-refractivity contribution in [2.45, 2.75) is 13.0 Å². The van der Waals surface area contributed by atoms with Crippen LogP contribution in [-0.4, -0.2) is 28.3 Å². The second-order valence-electron chi connectivity index (χ2n) is 6.11. The van der Waals surface area contributed by atoms with Crippen LogP contribution in [0.2, 0.25) is 5.02 Å². The van der Waals surface area contributed by atoms with Crippen LogP contribution in [0.3, 0.4) is 0 Å². The topological polar surface area (TPSA) is 84.0 Å². The highest BCUT2D eigenvalue weighted by atomic mass is 35.5. The van der Waals surface area contributed by atoms with Gasteiger partial charge in [-0.05, 0) is 47.9 Å². The minimum atomic E-state index is -0.350. The van der Waals surface area contributed by atoms with E-state index in [4.69, 9.17) is 11.6 Å². The van der Waals surface area contributed by atoms with Crippen molar-refractivity contribution in [3.8, 4) is 0 Å². The van der Waals surface area contributed by atoms with Gasteiger partial charge in [-0.2, -0.15) is 0 Å². The van der Waals surface area contributed by atoms with Gasteiger partial charge in [-0.15, -0.1) is 0 Å². The summed E-state index contributed by atoms with van der Waals surface area (Å²) in [6, 6.07) is 14.2. The number of nitrogens with one attached hydrogen (secondary N) is 2. The van der Waals surface area contributed by atoms with Gasteiger partial charge in [-0.1, -0.05) is 29.8 Å². The van der Waals surface area contributed by atoms with E-state index in [1.165, 1.54) is 12.3 Å². The summed E-state index contributed by atoms with van der Waals surface area (Å²) in [7, 11) is 0. The van der Waals surface area contributed by atoms with Crippen LogP contribution in [0.1, 0.15) is 32.0 Å². The minimum absolute atomic E-state index is 0.186. The Morgan fingerprint density at radius 3 is 2.57 bits per heavy atom. The molecule has 7 heteroatoms. The molecule has 0 radical (unpaired) electrons. The van der Waals surface area contributed by atoms with E-state index in [9.17, 15) is 9.59 Å². The number of nitrogens with zero attached hydrogens (tertiary/aromatic N) is 2. The Morgan fingerprint density at radius 1 is 0.929 bits per heavy atom. The standard InChI is InChI=1S/C21H19ClN4O2/c22-18-5-1-3-15(11-18)6-9-25-20(27)17-7-10-24-19(12-17)21(28)26-14-16-4-2-8-23-13-16/h1-5,7-8,10-13H,6,9,14H2,(H,25,27)(H,26,28). The van der Waals surface area contributed by atoms with E-state index in [2.05, 4.69) is 20.6 Å². The van der Waals surface area contributed by atoms with E-state index in [1.54, 1.807) is 24.5 Å². The van der Waals surface area contributed by atoms with Crippen molar-refractivity contribution >= 4 is 23.4 Å². The van der Waals surface area contributed by atoms with Gasteiger partial charge >= 0.3 is 0 Å². The normalized spacial score (nSPS) is 10.3. The van der Waals surface area contributed by atoms with Crippen LogP contribution < -0.4 is 10.6 Å². The molecule has 2 aromatic heterocycles. The van der Waals surface area contributed by atoms with Gasteiger partial charge in [-0.3, -0.25) is 19.6 Å². The van der Waals surface area contributed by atoms with Crippen molar-refractivity contribution in [2.75, 3.05) is 6.54 Å². The van der Waals surface area contributed by atoms with Crippen LogP contribution in [-0.2, 0) is 13.0 Å². The monoisotopic (exact) mass is 394 g/mol. The molecule has 3 rings (SSSR count).